The minimum atomic E-state index is -0.522. The highest BCUT2D eigenvalue weighted by molar-refractivity contribution is 6.07. The molecule has 12 rings (SSSR count). The van der Waals surface area contributed by atoms with Gasteiger partial charge in [-0.25, -0.2) is 15.0 Å². The second-order valence-electron chi connectivity index (χ2n) is 14.7. The van der Waals surface area contributed by atoms with Crippen LogP contribution in [0.4, 0.5) is 0 Å². The van der Waals surface area contributed by atoms with E-state index in [1.807, 2.05) is 66.7 Å². The topological polar surface area (TPSA) is 61.0 Å². The van der Waals surface area contributed by atoms with Gasteiger partial charge in [-0.1, -0.05) is 158 Å². The monoisotopic (exact) mass is 729 g/mol. The summed E-state index contributed by atoms with van der Waals surface area (Å²) in [5.41, 5.74) is 13.2. The molecule has 8 aromatic carbocycles. The van der Waals surface area contributed by atoms with Gasteiger partial charge in [-0.05, 0) is 58.1 Å². The van der Waals surface area contributed by atoms with Gasteiger partial charge in [0, 0.05) is 44.2 Å². The van der Waals surface area contributed by atoms with Gasteiger partial charge in [-0.3, -0.25) is 0 Å². The highest BCUT2D eigenvalue weighted by Gasteiger charge is 2.51. The average Bonchev–Trinajstić information content (AvgIpc) is 3.80. The minimum Gasteiger partial charge on any atom is -0.456 e. The zero-order valence-corrected chi connectivity index (χ0v) is 30.6. The Balaban J connectivity index is 1.01. The maximum absolute atomic E-state index is 6.97. The van der Waals surface area contributed by atoms with Crippen molar-refractivity contribution in [3.63, 3.8) is 0 Å². The molecule has 2 aromatic heterocycles. The predicted molar refractivity (Wildman–Crippen MR) is 226 cm³/mol. The first-order chi connectivity index (χ1) is 28.2. The number of hydrogen-bond donors (Lipinski definition) is 0. The molecular weight excluding hydrogens is 699 g/mol. The molecule has 0 fully saturated rings. The predicted octanol–water partition coefficient (Wildman–Crippen LogP) is 12.9. The van der Waals surface area contributed by atoms with Crippen molar-refractivity contribution >= 4 is 21.9 Å². The van der Waals surface area contributed by atoms with Crippen molar-refractivity contribution in [3.05, 3.63) is 210 Å². The van der Waals surface area contributed by atoms with Crippen LogP contribution in [0, 0.1) is 0 Å². The average molecular weight is 730 g/mol. The fourth-order valence-electron chi connectivity index (χ4n) is 9.13. The van der Waals surface area contributed by atoms with Gasteiger partial charge in [-0.2, -0.15) is 0 Å². The molecule has 1 aliphatic heterocycles. The van der Waals surface area contributed by atoms with E-state index in [2.05, 4.69) is 121 Å². The summed E-state index contributed by atoms with van der Waals surface area (Å²) in [5, 5.41) is 2.04. The molecule has 266 valence electrons. The molecule has 10 aromatic rings. The lowest BCUT2D eigenvalue weighted by atomic mass is 9.65. The number of para-hydroxylation sites is 2. The maximum atomic E-state index is 6.97. The number of fused-ring (bicyclic) bond motifs is 12. The second-order valence-corrected chi connectivity index (χ2v) is 14.7. The molecule has 1 spiro atoms. The van der Waals surface area contributed by atoms with E-state index in [0.717, 1.165) is 72.4 Å². The molecule has 2 aliphatic rings. The summed E-state index contributed by atoms with van der Waals surface area (Å²) in [6, 6.07) is 65.5. The van der Waals surface area contributed by atoms with Crippen molar-refractivity contribution in [1.29, 1.82) is 0 Å². The molecule has 1 aliphatic carbocycles. The normalized spacial score (nSPS) is 13.2. The second kappa shape index (κ2) is 12.2. The molecule has 3 heterocycles. The molecule has 0 saturated heterocycles. The molecule has 0 atom stereocenters. The number of hydrogen-bond acceptors (Lipinski definition) is 5. The summed E-state index contributed by atoms with van der Waals surface area (Å²) < 4.78 is 13.5. The van der Waals surface area contributed by atoms with Crippen LogP contribution in [-0.2, 0) is 5.41 Å². The smallest absolute Gasteiger partial charge is 0.164 e. The van der Waals surface area contributed by atoms with E-state index in [-0.39, 0.29) is 0 Å². The number of furan rings is 1. The van der Waals surface area contributed by atoms with E-state index >= 15 is 0 Å². The van der Waals surface area contributed by atoms with Gasteiger partial charge in [-0.15, -0.1) is 0 Å². The molecule has 0 bridgehead atoms. The lowest BCUT2D eigenvalue weighted by molar-refractivity contribution is 0.438. The van der Waals surface area contributed by atoms with Crippen molar-refractivity contribution in [2.24, 2.45) is 0 Å². The number of benzene rings is 8. The van der Waals surface area contributed by atoms with Gasteiger partial charge in [0.1, 0.15) is 22.7 Å². The Morgan fingerprint density at radius 2 is 0.895 bits per heavy atom. The van der Waals surface area contributed by atoms with Crippen LogP contribution in [0.2, 0.25) is 0 Å². The first kappa shape index (κ1) is 31.7. The molecular formula is C52H31N3O2. The summed E-state index contributed by atoms with van der Waals surface area (Å²) >= 11 is 0. The van der Waals surface area contributed by atoms with E-state index in [4.69, 9.17) is 24.1 Å². The first-order valence-corrected chi connectivity index (χ1v) is 19.2. The number of aromatic nitrogens is 3. The summed E-state index contributed by atoms with van der Waals surface area (Å²) in [6.07, 6.45) is 0. The summed E-state index contributed by atoms with van der Waals surface area (Å²) in [7, 11) is 0. The third-order valence-corrected chi connectivity index (χ3v) is 11.6. The van der Waals surface area contributed by atoms with Crippen LogP contribution < -0.4 is 4.74 Å². The fraction of sp³-hybridized carbons (Fsp3) is 0.0192. The lowest BCUT2D eigenvalue weighted by Gasteiger charge is -2.40. The third-order valence-electron chi connectivity index (χ3n) is 11.6. The molecule has 0 N–H and O–H groups in total. The third kappa shape index (κ3) is 4.66. The number of nitrogens with zero attached hydrogens (tertiary/aromatic N) is 3. The van der Waals surface area contributed by atoms with Crippen molar-refractivity contribution in [2.45, 2.75) is 5.41 Å². The maximum Gasteiger partial charge on any atom is 0.164 e. The quantitative estimate of drug-likeness (QED) is 0.180. The van der Waals surface area contributed by atoms with Crippen LogP contribution in [0.25, 0.3) is 78.4 Å². The Labute approximate surface area is 328 Å². The molecule has 0 unspecified atom stereocenters. The standard InChI is InChI=1S/C52H31N3O2/c1-3-14-32(15-4-1)49-53-50(33-16-5-2-6-17-33)55-51(54-49)35-26-28-39-40-30-34(27-29-45(40)56-47(39)31-35)36-20-13-24-44-48(36)57-46-25-12-11-23-43(46)52(44)41-21-9-7-18-37(41)38-19-8-10-22-42(38)52/h1-31H. The molecule has 5 heteroatoms. The molecule has 0 radical (unpaired) electrons. The van der Waals surface area contributed by atoms with Gasteiger partial charge in [0.15, 0.2) is 17.5 Å². The van der Waals surface area contributed by atoms with Crippen LogP contribution >= 0.6 is 0 Å². The van der Waals surface area contributed by atoms with Gasteiger partial charge in [0.2, 0.25) is 0 Å². The van der Waals surface area contributed by atoms with Gasteiger partial charge in [0.25, 0.3) is 0 Å². The van der Waals surface area contributed by atoms with E-state index in [1.54, 1.807) is 0 Å². The Bertz CT molecular complexity index is 3120. The summed E-state index contributed by atoms with van der Waals surface area (Å²) in [5.74, 6) is 3.57. The summed E-state index contributed by atoms with van der Waals surface area (Å²) in [4.78, 5) is 14.8. The van der Waals surface area contributed by atoms with Gasteiger partial charge >= 0.3 is 0 Å². The van der Waals surface area contributed by atoms with Crippen LogP contribution in [0.1, 0.15) is 22.3 Å². The van der Waals surface area contributed by atoms with Crippen LogP contribution in [0.3, 0.4) is 0 Å². The largest absolute Gasteiger partial charge is 0.456 e. The van der Waals surface area contributed by atoms with E-state index in [1.165, 1.54) is 22.3 Å². The van der Waals surface area contributed by atoms with Crippen molar-refractivity contribution in [1.82, 2.24) is 15.0 Å². The molecule has 0 amide bonds. The first-order valence-electron chi connectivity index (χ1n) is 19.2. The Hall–Kier alpha value is -7.63. The van der Waals surface area contributed by atoms with Crippen LogP contribution in [0.15, 0.2) is 192 Å². The van der Waals surface area contributed by atoms with Crippen molar-refractivity contribution < 1.29 is 9.15 Å². The zero-order valence-electron chi connectivity index (χ0n) is 30.6. The zero-order chi connectivity index (χ0) is 37.5. The Morgan fingerprint density at radius 3 is 1.58 bits per heavy atom. The number of rotatable bonds is 4. The SMILES string of the molecule is c1ccc(-c2nc(-c3ccccc3)nc(-c3ccc4c(c3)oc3ccc(-c5cccc6c5Oc5ccccc5C65c6ccccc6-c6ccccc65)cc34)n2)cc1. The number of ether oxygens (including phenoxy) is 1. The van der Waals surface area contributed by atoms with E-state index < -0.39 is 5.41 Å². The lowest BCUT2D eigenvalue weighted by Crippen LogP contribution is -2.32. The highest BCUT2D eigenvalue weighted by atomic mass is 16.5. The molecule has 0 saturated carbocycles. The molecule has 57 heavy (non-hydrogen) atoms. The van der Waals surface area contributed by atoms with E-state index in [0.29, 0.717) is 17.5 Å². The fourth-order valence-corrected chi connectivity index (χ4v) is 9.13. The highest BCUT2D eigenvalue weighted by Crippen LogP contribution is 2.63. The Morgan fingerprint density at radius 1 is 0.351 bits per heavy atom. The summed E-state index contributed by atoms with van der Waals surface area (Å²) in [6.45, 7) is 0. The van der Waals surface area contributed by atoms with E-state index in [9.17, 15) is 0 Å². The van der Waals surface area contributed by atoms with Crippen LogP contribution in [-0.4, -0.2) is 15.0 Å². The van der Waals surface area contributed by atoms with Gasteiger partial charge < -0.3 is 9.15 Å². The van der Waals surface area contributed by atoms with Gasteiger partial charge in [0.05, 0.1) is 5.41 Å². The minimum absolute atomic E-state index is 0.522. The van der Waals surface area contributed by atoms with Crippen molar-refractivity contribution in [3.8, 4) is 67.9 Å². The molecule has 5 nitrogen and oxygen atoms in total. The van der Waals surface area contributed by atoms with Crippen molar-refractivity contribution in [2.75, 3.05) is 0 Å². The van der Waals surface area contributed by atoms with Crippen LogP contribution in [0.5, 0.6) is 11.5 Å². The Kier molecular flexibility index (Phi) is 6.78.